The molecule has 3 rings (SSSR count). The minimum absolute atomic E-state index is 0.0912. The van der Waals surface area contributed by atoms with E-state index in [0.717, 1.165) is 12.8 Å². The van der Waals surface area contributed by atoms with Crippen LogP contribution < -0.4 is 10.1 Å². The number of carboxylic acids is 1. The van der Waals surface area contributed by atoms with Gasteiger partial charge in [0.25, 0.3) is 11.8 Å². The number of piperidine rings is 1. The highest BCUT2D eigenvalue weighted by molar-refractivity contribution is 6.00. The fraction of sp³-hybridized carbons (Fsp3) is 0.400. The third-order valence-electron chi connectivity index (χ3n) is 3.91. The van der Waals surface area contributed by atoms with Crippen molar-refractivity contribution in [3.05, 3.63) is 23.8 Å². The Kier molecular flexibility index (Phi) is 3.70. The molecule has 116 valence electrons. The van der Waals surface area contributed by atoms with E-state index in [4.69, 9.17) is 4.74 Å². The van der Waals surface area contributed by atoms with Crippen LogP contribution in [0.5, 0.6) is 5.75 Å². The lowest BCUT2D eigenvalue weighted by molar-refractivity contribution is -0.143. The van der Waals surface area contributed by atoms with Crippen molar-refractivity contribution in [2.45, 2.75) is 25.3 Å². The summed E-state index contributed by atoms with van der Waals surface area (Å²) in [5.41, 5.74) is 0.879. The van der Waals surface area contributed by atoms with Gasteiger partial charge in [-0.05, 0) is 37.5 Å². The number of aliphatic carboxylic acids is 1. The van der Waals surface area contributed by atoms with E-state index in [9.17, 15) is 19.5 Å². The van der Waals surface area contributed by atoms with Crippen LogP contribution in [0.15, 0.2) is 18.2 Å². The molecule has 0 aliphatic carbocycles. The van der Waals surface area contributed by atoms with Gasteiger partial charge in [-0.1, -0.05) is 0 Å². The minimum atomic E-state index is -0.977. The number of hydrogen-bond acceptors (Lipinski definition) is 4. The molecule has 1 aromatic rings. The normalized spacial score (nSPS) is 20.6. The van der Waals surface area contributed by atoms with Crippen LogP contribution in [0.25, 0.3) is 0 Å². The summed E-state index contributed by atoms with van der Waals surface area (Å²) in [6.07, 6.45) is 2.08. The number of likely N-dealkylation sites (tertiary alicyclic amines) is 1. The number of amides is 2. The molecule has 0 bridgehead atoms. The molecule has 1 atom stereocenters. The number of carboxylic acid groups (broad SMARTS) is 1. The SMILES string of the molecule is O=C1COc2cc(C(=O)N3CCCC[C@@H]3C(=O)O)ccc2N1. The van der Waals surface area contributed by atoms with E-state index in [1.54, 1.807) is 18.2 Å². The number of rotatable bonds is 2. The molecule has 1 saturated heterocycles. The van der Waals surface area contributed by atoms with Crippen molar-refractivity contribution in [1.29, 1.82) is 0 Å². The average Bonchev–Trinajstić information content (AvgIpc) is 2.53. The molecule has 7 heteroatoms. The van der Waals surface area contributed by atoms with Crippen molar-refractivity contribution in [2.24, 2.45) is 0 Å². The maximum absolute atomic E-state index is 12.6. The van der Waals surface area contributed by atoms with E-state index in [1.165, 1.54) is 4.90 Å². The number of carbonyl (C=O) groups is 3. The van der Waals surface area contributed by atoms with E-state index in [1.807, 2.05) is 0 Å². The minimum Gasteiger partial charge on any atom is -0.482 e. The quantitative estimate of drug-likeness (QED) is 0.853. The molecule has 1 aromatic carbocycles. The summed E-state index contributed by atoms with van der Waals surface area (Å²) in [5, 5.41) is 11.9. The van der Waals surface area contributed by atoms with E-state index < -0.39 is 12.0 Å². The highest BCUT2D eigenvalue weighted by Gasteiger charge is 2.32. The number of benzene rings is 1. The number of nitrogens with zero attached hydrogens (tertiary/aromatic N) is 1. The number of carbonyl (C=O) groups excluding carboxylic acids is 2. The summed E-state index contributed by atoms with van der Waals surface area (Å²) >= 11 is 0. The molecule has 7 nitrogen and oxygen atoms in total. The Morgan fingerprint density at radius 2 is 2.14 bits per heavy atom. The number of anilines is 1. The Morgan fingerprint density at radius 1 is 1.32 bits per heavy atom. The Bertz CT molecular complexity index is 643. The van der Waals surface area contributed by atoms with Crippen molar-refractivity contribution in [3.63, 3.8) is 0 Å². The van der Waals surface area contributed by atoms with Gasteiger partial charge in [-0.2, -0.15) is 0 Å². The van der Waals surface area contributed by atoms with Gasteiger partial charge < -0.3 is 20.1 Å². The Balaban J connectivity index is 1.85. The highest BCUT2D eigenvalue weighted by Crippen LogP contribution is 2.30. The second-order valence-electron chi connectivity index (χ2n) is 5.40. The number of nitrogens with one attached hydrogen (secondary N) is 1. The molecular weight excluding hydrogens is 288 g/mol. The lowest BCUT2D eigenvalue weighted by atomic mass is 10.0. The second kappa shape index (κ2) is 5.67. The van der Waals surface area contributed by atoms with E-state index in [0.29, 0.717) is 30.0 Å². The van der Waals surface area contributed by atoms with Crippen molar-refractivity contribution in [2.75, 3.05) is 18.5 Å². The molecule has 2 N–H and O–H groups in total. The van der Waals surface area contributed by atoms with Gasteiger partial charge in [0.15, 0.2) is 6.61 Å². The highest BCUT2D eigenvalue weighted by atomic mass is 16.5. The lowest BCUT2D eigenvalue weighted by Gasteiger charge is -2.33. The maximum atomic E-state index is 12.6. The number of hydrogen-bond donors (Lipinski definition) is 2. The summed E-state index contributed by atoms with van der Waals surface area (Å²) in [6.45, 7) is 0.344. The first-order valence-corrected chi connectivity index (χ1v) is 7.17. The fourth-order valence-electron chi connectivity index (χ4n) is 2.80. The molecule has 0 saturated carbocycles. The van der Waals surface area contributed by atoms with Crippen LogP contribution in [0, 0.1) is 0 Å². The second-order valence-corrected chi connectivity index (χ2v) is 5.40. The zero-order valence-electron chi connectivity index (χ0n) is 11.9. The summed E-state index contributed by atoms with van der Waals surface area (Å²) in [7, 11) is 0. The maximum Gasteiger partial charge on any atom is 0.326 e. The van der Waals surface area contributed by atoms with Crippen molar-refractivity contribution < 1.29 is 24.2 Å². The van der Waals surface area contributed by atoms with Gasteiger partial charge in [0.2, 0.25) is 0 Å². The molecule has 2 aliphatic rings. The predicted molar refractivity (Wildman–Crippen MR) is 76.9 cm³/mol. The average molecular weight is 304 g/mol. The molecular formula is C15H16N2O5. The van der Waals surface area contributed by atoms with E-state index >= 15 is 0 Å². The standard InChI is InChI=1S/C15H16N2O5/c18-13-8-22-12-7-9(4-5-10(12)16-13)14(19)17-6-2-1-3-11(17)15(20)21/h4-5,7,11H,1-3,6,8H2,(H,16,18)(H,20,21)/t11-/m1/s1. The van der Waals surface area contributed by atoms with Gasteiger partial charge >= 0.3 is 5.97 Å². The molecule has 0 unspecified atom stereocenters. The van der Waals surface area contributed by atoms with Gasteiger partial charge in [-0.25, -0.2) is 4.79 Å². The molecule has 1 fully saturated rings. The van der Waals surface area contributed by atoms with Crippen LogP contribution >= 0.6 is 0 Å². The van der Waals surface area contributed by atoms with Gasteiger partial charge in [-0.15, -0.1) is 0 Å². The first-order chi connectivity index (χ1) is 10.6. The molecule has 0 spiro atoms. The third-order valence-corrected chi connectivity index (χ3v) is 3.91. The Hall–Kier alpha value is -2.57. The first-order valence-electron chi connectivity index (χ1n) is 7.17. The van der Waals surface area contributed by atoms with Crippen molar-refractivity contribution >= 4 is 23.5 Å². The van der Waals surface area contributed by atoms with E-state index in [-0.39, 0.29) is 18.4 Å². The van der Waals surface area contributed by atoms with Crippen LogP contribution in [0.1, 0.15) is 29.6 Å². The largest absolute Gasteiger partial charge is 0.482 e. The van der Waals surface area contributed by atoms with Crippen LogP contribution in [0.4, 0.5) is 5.69 Å². The number of ether oxygens (including phenoxy) is 1. The smallest absolute Gasteiger partial charge is 0.326 e. The summed E-state index contributed by atoms with van der Waals surface area (Å²) in [5.74, 6) is -1.12. The molecule has 0 aromatic heterocycles. The molecule has 2 aliphatic heterocycles. The zero-order valence-corrected chi connectivity index (χ0v) is 11.9. The van der Waals surface area contributed by atoms with Crippen LogP contribution in [0.2, 0.25) is 0 Å². The first kappa shape index (κ1) is 14.4. The van der Waals surface area contributed by atoms with Crippen LogP contribution in [0.3, 0.4) is 0 Å². The molecule has 2 heterocycles. The predicted octanol–water partition coefficient (Wildman–Crippen LogP) is 1.10. The Morgan fingerprint density at radius 3 is 2.91 bits per heavy atom. The van der Waals surface area contributed by atoms with Gasteiger partial charge in [-0.3, -0.25) is 9.59 Å². The van der Waals surface area contributed by atoms with E-state index in [2.05, 4.69) is 5.32 Å². The molecule has 2 amide bonds. The fourth-order valence-corrected chi connectivity index (χ4v) is 2.80. The third kappa shape index (κ3) is 2.61. The summed E-state index contributed by atoms with van der Waals surface area (Å²) in [4.78, 5) is 36.5. The van der Waals surface area contributed by atoms with Crippen molar-refractivity contribution in [3.8, 4) is 5.75 Å². The van der Waals surface area contributed by atoms with Crippen LogP contribution in [-0.2, 0) is 9.59 Å². The zero-order chi connectivity index (χ0) is 15.7. The van der Waals surface area contributed by atoms with Crippen molar-refractivity contribution in [1.82, 2.24) is 4.90 Å². The lowest BCUT2D eigenvalue weighted by Crippen LogP contribution is -2.48. The number of fused-ring (bicyclic) bond motifs is 1. The Labute approximate surface area is 126 Å². The molecule has 22 heavy (non-hydrogen) atoms. The monoisotopic (exact) mass is 304 g/mol. The van der Waals surface area contributed by atoms with Crippen LogP contribution in [-0.4, -0.2) is 47.0 Å². The molecule has 0 radical (unpaired) electrons. The van der Waals surface area contributed by atoms with Gasteiger partial charge in [0, 0.05) is 12.1 Å². The van der Waals surface area contributed by atoms with Gasteiger partial charge in [0.1, 0.15) is 11.8 Å². The summed E-state index contributed by atoms with van der Waals surface area (Å²) in [6, 6.07) is 3.94. The summed E-state index contributed by atoms with van der Waals surface area (Å²) < 4.78 is 5.29. The topological polar surface area (TPSA) is 95.9 Å². The van der Waals surface area contributed by atoms with Gasteiger partial charge in [0.05, 0.1) is 5.69 Å².